The lowest BCUT2D eigenvalue weighted by molar-refractivity contribution is 0.284. The van der Waals surface area contributed by atoms with Crippen molar-refractivity contribution in [3.8, 4) is 6.01 Å². The maximum absolute atomic E-state index is 12.6. The number of hydrogen-bond donors (Lipinski definition) is 0. The van der Waals surface area contributed by atoms with Gasteiger partial charge in [0.25, 0.3) is 0 Å². The highest BCUT2D eigenvalue weighted by Crippen LogP contribution is 2.12. The molecule has 0 atom stereocenters. The maximum atomic E-state index is 12.6. The minimum absolute atomic E-state index is 0.125. The number of unbranched alkanes of at least 4 members (excludes halogenated alkanes) is 1. The van der Waals surface area contributed by atoms with E-state index in [4.69, 9.17) is 16.3 Å². The Hall–Kier alpha value is -0.900. The number of nitrogens with zero attached hydrogens (tertiary/aromatic N) is 2. The smallest absolute Gasteiger partial charge is 0.317 e. The van der Waals surface area contributed by atoms with Gasteiger partial charge < -0.3 is 4.74 Å². The molecule has 0 bridgehead atoms. The van der Waals surface area contributed by atoms with Crippen LogP contribution < -0.4 is 4.74 Å². The molecule has 5 heteroatoms. The van der Waals surface area contributed by atoms with E-state index in [0.29, 0.717) is 6.61 Å². The Labute approximate surface area is 80.9 Å². The van der Waals surface area contributed by atoms with Crippen LogP contribution in [-0.2, 0) is 0 Å². The lowest BCUT2D eigenvalue weighted by Gasteiger charge is -2.02. The van der Waals surface area contributed by atoms with E-state index in [1.54, 1.807) is 0 Å². The summed E-state index contributed by atoms with van der Waals surface area (Å²) in [5, 5.41) is -0.207. The molecule has 0 aliphatic carbocycles. The van der Waals surface area contributed by atoms with Gasteiger partial charge in [0.15, 0.2) is 11.0 Å². The molecule has 0 unspecified atom stereocenters. The highest BCUT2D eigenvalue weighted by molar-refractivity contribution is 6.29. The van der Waals surface area contributed by atoms with Crippen molar-refractivity contribution in [2.45, 2.75) is 19.8 Å². The number of aromatic nitrogens is 2. The maximum Gasteiger partial charge on any atom is 0.317 e. The third-order valence-electron chi connectivity index (χ3n) is 1.41. The minimum atomic E-state index is -0.635. The summed E-state index contributed by atoms with van der Waals surface area (Å²) in [6.45, 7) is 2.57. The molecule has 1 aromatic rings. The Morgan fingerprint density at radius 3 is 3.00 bits per heavy atom. The Kier molecular flexibility index (Phi) is 3.89. The van der Waals surface area contributed by atoms with E-state index in [9.17, 15) is 4.39 Å². The Bertz CT molecular complexity index is 283. The summed E-state index contributed by atoms with van der Waals surface area (Å²) in [6.07, 6.45) is 2.93. The van der Waals surface area contributed by atoms with E-state index in [2.05, 4.69) is 9.97 Å². The van der Waals surface area contributed by atoms with Crippen molar-refractivity contribution >= 4 is 11.6 Å². The first-order chi connectivity index (χ1) is 6.24. The largest absolute Gasteiger partial charge is 0.463 e. The predicted molar refractivity (Wildman–Crippen MR) is 47.4 cm³/mol. The van der Waals surface area contributed by atoms with Gasteiger partial charge in [-0.25, -0.2) is 9.37 Å². The zero-order chi connectivity index (χ0) is 9.68. The molecule has 0 aromatic carbocycles. The molecule has 72 valence electrons. The van der Waals surface area contributed by atoms with E-state index in [0.717, 1.165) is 19.0 Å². The summed E-state index contributed by atoms with van der Waals surface area (Å²) in [4.78, 5) is 7.22. The van der Waals surface area contributed by atoms with Gasteiger partial charge in [0.2, 0.25) is 0 Å². The van der Waals surface area contributed by atoms with Crippen LogP contribution in [0.1, 0.15) is 19.8 Å². The van der Waals surface area contributed by atoms with Crippen LogP contribution in [0.15, 0.2) is 6.20 Å². The molecule has 0 spiro atoms. The van der Waals surface area contributed by atoms with Crippen molar-refractivity contribution in [3.05, 3.63) is 17.2 Å². The van der Waals surface area contributed by atoms with Crippen molar-refractivity contribution in [2.75, 3.05) is 6.61 Å². The van der Waals surface area contributed by atoms with Crippen LogP contribution in [0.3, 0.4) is 0 Å². The summed E-state index contributed by atoms with van der Waals surface area (Å²) in [5.74, 6) is -0.635. The van der Waals surface area contributed by atoms with Crippen LogP contribution >= 0.6 is 11.6 Å². The molecule has 0 saturated carbocycles. The molecule has 0 N–H and O–H groups in total. The predicted octanol–water partition coefficient (Wildman–Crippen LogP) is 2.45. The second-order valence-electron chi connectivity index (χ2n) is 2.49. The normalized spacial score (nSPS) is 10.1. The fourth-order valence-electron chi connectivity index (χ4n) is 0.709. The second kappa shape index (κ2) is 4.97. The van der Waals surface area contributed by atoms with Gasteiger partial charge in [-0.3, -0.25) is 0 Å². The van der Waals surface area contributed by atoms with Gasteiger partial charge >= 0.3 is 6.01 Å². The second-order valence-corrected chi connectivity index (χ2v) is 2.85. The van der Waals surface area contributed by atoms with E-state index >= 15 is 0 Å². The molecule has 1 heterocycles. The molecule has 13 heavy (non-hydrogen) atoms. The summed E-state index contributed by atoms with van der Waals surface area (Å²) < 4.78 is 17.7. The number of hydrogen-bond acceptors (Lipinski definition) is 3. The van der Waals surface area contributed by atoms with Gasteiger partial charge in [-0.05, 0) is 6.42 Å². The average Bonchev–Trinajstić information content (AvgIpc) is 2.12. The molecular formula is C8H10ClFN2O. The zero-order valence-corrected chi connectivity index (χ0v) is 8.01. The molecule has 0 aliphatic heterocycles. The van der Waals surface area contributed by atoms with Gasteiger partial charge in [0, 0.05) is 0 Å². The van der Waals surface area contributed by atoms with Crippen molar-refractivity contribution in [1.29, 1.82) is 0 Å². The van der Waals surface area contributed by atoms with Gasteiger partial charge in [-0.2, -0.15) is 4.98 Å². The van der Waals surface area contributed by atoms with Crippen LogP contribution in [0.5, 0.6) is 6.01 Å². The van der Waals surface area contributed by atoms with Crippen LogP contribution in [0.4, 0.5) is 4.39 Å². The van der Waals surface area contributed by atoms with Gasteiger partial charge in [0.05, 0.1) is 12.8 Å². The standard InChI is InChI=1S/C8H10ClFN2O/c1-2-3-4-13-8-11-5-6(10)7(9)12-8/h5H,2-4H2,1H3. The van der Waals surface area contributed by atoms with Crippen LogP contribution in [0.25, 0.3) is 0 Å². The molecule has 0 amide bonds. The number of ether oxygens (including phenoxy) is 1. The first kappa shape index (κ1) is 10.2. The van der Waals surface area contributed by atoms with E-state index in [1.807, 2.05) is 6.92 Å². The Morgan fingerprint density at radius 1 is 1.62 bits per heavy atom. The minimum Gasteiger partial charge on any atom is -0.463 e. The van der Waals surface area contributed by atoms with E-state index < -0.39 is 5.82 Å². The van der Waals surface area contributed by atoms with Gasteiger partial charge in [-0.15, -0.1) is 0 Å². The number of halogens is 2. The van der Waals surface area contributed by atoms with Gasteiger partial charge in [0.1, 0.15) is 0 Å². The summed E-state index contributed by atoms with van der Waals surface area (Å²) in [5.41, 5.74) is 0. The average molecular weight is 205 g/mol. The highest BCUT2D eigenvalue weighted by atomic mass is 35.5. The summed E-state index contributed by atoms with van der Waals surface area (Å²) in [7, 11) is 0. The van der Waals surface area contributed by atoms with Gasteiger partial charge in [-0.1, -0.05) is 24.9 Å². The van der Waals surface area contributed by atoms with Crippen molar-refractivity contribution in [1.82, 2.24) is 9.97 Å². The number of rotatable bonds is 4. The quantitative estimate of drug-likeness (QED) is 0.558. The van der Waals surface area contributed by atoms with Crippen LogP contribution in [0, 0.1) is 5.82 Å². The summed E-state index contributed by atoms with van der Waals surface area (Å²) in [6, 6.07) is 0.125. The highest BCUT2D eigenvalue weighted by Gasteiger charge is 2.04. The first-order valence-corrected chi connectivity index (χ1v) is 4.42. The van der Waals surface area contributed by atoms with Crippen LogP contribution in [0.2, 0.25) is 5.15 Å². The molecule has 1 rings (SSSR count). The Balaban J connectivity index is 2.53. The summed E-state index contributed by atoms with van der Waals surface area (Å²) >= 11 is 5.42. The van der Waals surface area contributed by atoms with E-state index in [1.165, 1.54) is 0 Å². The molecule has 0 fully saturated rings. The fraction of sp³-hybridized carbons (Fsp3) is 0.500. The molecule has 1 aromatic heterocycles. The van der Waals surface area contributed by atoms with Crippen LogP contribution in [-0.4, -0.2) is 16.6 Å². The molecule has 3 nitrogen and oxygen atoms in total. The molecule has 0 radical (unpaired) electrons. The monoisotopic (exact) mass is 204 g/mol. The molecule has 0 saturated heterocycles. The molecule has 0 aliphatic rings. The zero-order valence-electron chi connectivity index (χ0n) is 7.26. The lowest BCUT2D eigenvalue weighted by atomic mass is 10.4. The third kappa shape index (κ3) is 3.14. The van der Waals surface area contributed by atoms with Crippen molar-refractivity contribution < 1.29 is 9.13 Å². The fourth-order valence-corrected chi connectivity index (χ4v) is 0.830. The lowest BCUT2D eigenvalue weighted by Crippen LogP contribution is -2.01. The topological polar surface area (TPSA) is 35.0 Å². The first-order valence-electron chi connectivity index (χ1n) is 4.05. The molecular weight excluding hydrogens is 195 g/mol. The van der Waals surface area contributed by atoms with Crippen molar-refractivity contribution in [2.24, 2.45) is 0 Å². The van der Waals surface area contributed by atoms with Crippen molar-refractivity contribution in [3.63, 3.8) is 0 Å². The van der Waals surface area contributed by atoms with E-state index in [-0.39, 0.29) is 11.2 Å². The Morgan fingerprint density at radius 2 is 2.38 bits per heavy atom. The SMILES string of the molecule is CCCCOc1ncc(F)c(Cl)n1. The third-order valence-corrected chi connectivity index (χ3v) is 1.67.